The van der Waals surface area contributed by atoms with E-state index in [1.165, 1.54) is 16.7 Å². The average Bonchev–Trinajstić information content (AvgIpc) is 2.58. The van der Waals surface area contributed by atoms with E-state index in [1.807, 2.05) is 18.2 Å². The fourth-order valence-corrected chi connectivity index (χ4v) is 3.69. The summed E-state index contributed by atoms with van der Waals surface area (Å²) in [7, 11) is 7.94. The highest BCUT2D eigenvalue weighted by atomic mass is 16.5. The number of quaternary nitrogens is 1. The molecule has 1 heterocycles. The predicted molar refractivity (Wildman–Crippen MR) is 94.8 cm³/mol. The summed E-state index contributed by atoms with van der Waals surface area (Å²) in [5, 5.41) is 9.53. The summed E-state index contributed by atoms with van der Waals surface area (Å²) in [4.78, 5) is 0. The highest BCUT2D eigenvalue weighted by Gasteiger charge is 2.39. The molecule has 0 unspecified atom stereocenters. The summed E-state index contributed by atoms with van der Waals surface area (Å²) < 4.78 is 12.2. The minimum absolute atomic E-state index is 0.281. The molecule has 0 saturated carbocycles. The van der Waals surface area contributed by atoms with E-state index >= 15 is 0 Å². The number of hydrogen-bond acceptors (Lipinski definition) is 3. The lowest BCUT2D eigenvalue weighted by Crippen LogP contribution is -2.48. The van der Waals surface area contributed by atoms with Gasteiger partial charge in [0.2, 0.25) is 0 Å². The molecule has 0 saturated heterocycles. The molecule has 0 fully saturated rings. The van der Waals surface area contributed by atoms with Crippen molar-refractivity contribution in [3.8, 4) is 17.2 Å². The molecule has 24 heavy (non-hydrogen) atoms. The zero-order valence-corrected chi connectivity index (χ0v) is 14.9. The van der Waals surface area contributed by atoms with Gasteiger partial charge in [-0.15, -0.1) is 0 Å². The Bertz CT molecular complexity index is 722. The highest BCUT2D eigenvalue weighted by Crippen LogP contribution is 2.45. The van der Waals surface area contributed by atoms with Crippen LogP contribution in [0.2, 0.25) is 0 Å². The summed E-state index contributed by atoms with van der Waals surface area (Å²) in [6.07, 6.45) is 1.93. The zero-order valence-electron chi connectivity index (χ0n) is 14.9. The maximum Gasteiger partial charge on any atom is 0.170 e. The first-order valence-electron chi connectivity index (χ1n) is 8.30. The second-order valence-electron chi connectivity index (χ2n) is 7.01. The van der Waals surface area contributed by atoms with Gasteiger partial charge in [-0.3, -0.25) is 0 Å². The third-order valence-electron chi connectivity index (χ3n) is 5.17. The van der Waals surface area contributed by atoms with Crippen molar-refractivity contribution in [3.05, 3.63) is 53.1 Å². The molecule has 1 N–H and O–H groups in total. The molecular formula is C20H26NO3+. The molecule has 1 aliphatic rings. The standard InChI is InChI=1S/C20H25NO3/c1-21(2)12-11-15-7-10-18(23-3)20(24-4)19(15)17(21)13-14-5-8-16(22)9-6-14/h5-10,17H,11-13H2,1-4H3/p+1/t17-/m1/s1. The van der Waals surface area contributed by atoms with Crippen molar-refractivity contribution in [1.29, 1.82) is 0 Å². The highest BCUT2D eigenvalue weighted by molar-refractivity contribution is 5.53. The molecule has 0 amide bonds. The van der Waals surface area contributed by atoms with Crippen LogP contribution in [0, 0.1) is 0 Å². The van der Waals surface area contributed by atoms with Crippen LogP contribution in [0.5, 0.6) is 17.2 Å². The normalized spacial score (nSPS) is 18.8. The number of aromatic hydroxyl groups is 1. The van der Waals surface area contributed by atoms with Crippen LogP contribution in [0.1, 0.15) is 22.7 Å². The van der Waals surface area contributed by atoms with Gasteiger partial charge in [0.1, 0.15) is 11.8 Å². The Balaban J connectivity index is 2.08. The summed E-state index contributed by atoms with van der Waals surface area (Å²) in [6, 6.07) is 11.9. The topological polar surface area (TPSA) is 38.7 Å². The minimum atomic E-state index is 0.281. The molecule has 1 aliphatic heterocycles. The number of phenols is 1. The van der Waals surface area contributed by atoms with Gasteiger partial charge in [0.05, 0.1) is 40.4 Å². The molecule has 4 nitrogen and oxygen atoms in total. The Morgan fingerprint density at radius 2 is 1.75 bits per heavy atom. The lowest BCUT2D eigenvalue weighted by Gasteiger charge is -2.43. The Labute approximate surface area is 143 Å². The molecule has 0 radical (unpaired) electrons. The number of nitrogens with zero attached hydrogens (tertiary/aromatic N) is 1. The van der Waals surface area contributed by atoms with E-state index in [2.05, 4.69) is 20.2 Å². The lowest BCUT2D eigenvalue weighted by molar-refractivity contribution is -0.923. The molecule has 2 aromatic carbocycles. The number of fused-ring (bicyclic) bond motifs is 1. The molecule has 0 aliphatic carbocycles. The van der Waals surface area contributed by atoms with Crippen molar-refractivity contribution in [1.82, 2.24) is 0 Å². The van der Waals surface area contributed by atoms with Gasteiger partial charge < -0.3 is 19.1 Å². The number of likely N-dealkylation sites (N-methyl/N-ethyl adjacent to an activating group) is 1. The van der Waals surface area contributed by atoms with Gasteiger partial charge in [0.25, 0.3) is 0 Å². The molecule has 128 valence electrons. The maximum absolute atomic E-state index is 9.53. The van der Waals surface area contributed by atoms with Gasteiger partial charge in [0, 0.05) is 12.8 Å². The van der Waals surface area contributed by atoms with E-state index in [0.717, 1.165) is 35.4 Å². The van der Waals surface area contributed by atoms with Crippen molar-refractivity contribution >= 4 is 0 Å². The van der Waals surface area contributed by atoms with Gasteiger partial charge in [-0.05, 0) is 29.3 Å². The first kappa shape index (κ1) is 16.7. The lowest BCUT2D eigenvalue weighted by atomic mass is 9.86. The van der Waals surface area contributed by atoms with Crippen molar-refractivity contribution in [2.45, 2.75) is 18.9 Å². The van der Waals surface area contributed by atoms with E-state index in [1.54, 1.807) is 26.4 Å². The Morgan fingerprint density at radius 3 is 2.38 bits per heavy atom. The Kier molecular flexibility index (Phi) is 4.41. The Morgan fingerprint density at radius 1 is 1.04 bits per heavy atom. The Hall–Kier alpha value is -2.20. The second-order valence-corrected chi connectivity index (χ2v) is 7.01. The molecule has 4 heteroatoms. The summed E-state index contributed by atoms with van der Waals surface area (Å²) in [6.45, 7) is 1.09. The molecule has 0 spiro atoms. The van der Waals surface area contributed by atoms with Crippen LogP contribution in [-0.4, -0.2) is 44.4 Å². The van der Waals surface area contributed by atoms with Gasteiger partial charge in [-0.1, -0.05) is 18.2 Å². The van der Waals surface area contributed by atoms with E-state index in [4.69, 9.17) is 9.47 Å². The van der Waals surface area contributed by atoms with Crippen molar-refractivity contribution in [3.63, 3.8) is 0 Å². The zero-order chi connectivity index (χ0) is 17.3. The van der Waals surface area contributed by atoms with Crippen LogP contribution >= 0.6 is 0 Å². The first-order valence-corrected chi connectivity index (χ1v) is 8.30. The fourth-order valence-electron chi connectivity index (χ4n) is 3.69. The molecular weight excluding hydrogens is 302 g/mol. The number of hydrogen-bond donors (Lipinski definition) is 1. The smallest absolute Gasteiger partial charge is 0.170 e. The van der Waals surface area contributed by atoms with Crippen molar-refractivity contribution < 1.29 is 19.1 Å². The number of phenolic OH excluding ortho intramolecular Hbond substituents is 1. The van der Waals surface area contributed by atoms with E-state index in [-0.39, 0.29) is 6.04 Å². The quantitative estimate of drug-likeness (QED) is 0.875. The van der Waals surface area contributed by atoms with E-state index < -0.39 is 0 Å². The molecule has 0 bridgehead atoms. The van der Waals surface area contributed by atoms with Crippen LogP contribution < -0.4 is 9.47 Å². The maximum atomic E-state index is 9.53. The monoisotopic (exact) mass is 328 g/mol. The number of rotatable bonds is 4. The van der Waals surface area contributed by atoms with Crippen molar-refractivity contribution in [2.24, 2.45) is 0 Å². The van der Waals surface area contributed by atoms with E-state index in [0.29, 0.717) is 5.75 Å². The predicted octanol–water partition coefficient (Wildman–Crippen LogP) is 3.33. The summed E-state index contributed by atoms with van der Waals surface area (Å²) >= 11 is 0. The average molecular weight is 328 g/mol. The van der Waals surface area contributed by atoms with E-state index in [9.17, 15) is 5.11 Å². The summed E-state index contributed by atoms with van der Waals surface area (Å²) in [5.41, 5.74) is 3.80. The van der Waals surface area contributed by atoms with Crippen molar-refractivity contribution in [2.75, 3.05) is 34.9 Å². The third kappa shape index (κ3) is 2.94. The molecule has 0 aromatic heterocycles. The van der Waals surface area contributed by atoms with Crippen LogP contribution in [0.15, 0.2) is 36.4 Å². The molecule has 3 rings (SSSR count). The number of ether oxygens (including phenoxy) is 2. The minimum Gasteiger partial charge on any atom is -0.508 e. The van der Waals surface area contributed by atoms with Gasteiger partial charge in [-0.2, -0.15) is 0 Å². The van der Waals surface area contributed by atoms with Gasteiger partial charge in [0.15, 0.2) is 11.5 Å². The molecule has 1 atom stereocenters. The first-order chi connectivity index (χ1) is 11.5. The number of benzene rings is 2. The van der Waals surface area contributed by atoms with Gasteiger partial charge >= 0.3 is 0 Å². The second kappa shape index (κ2) is 6.36. The van der Waals surface area contributed by atoms with Crippen LogP contribution in [0.3, 0.4) is 0 Å². The fraction of sp³-hybridized carbons (Fsp3) is 0.400. The largest absolute Gasteiger partial charge is 0.508 e. The summed E-state index contributed by atoms with van der Waals surface area (Å²) in [5.74, 6) is 1.94. The molecule has 2 aromatic rings. The third-order valence-corrected chi connectivity index (χ3v) is 5.17. The van der Waals surface area contributed by atoms with Crippen LogP contribution in [0.25, 0.3) is 0 Å². The SMILES string of the molecule is COc1ccc2c(c1OC)[C@@H](Cc1ccc(O)cc1)[N+](C)(C)CC2. The van der Waals surface area contributed by atoms with Gasteiger partial charge in [-0.25, -0.2) is 0 Å². The van der Waals surface area contributed by atoms with Crippen LogP contribution in [-0.2, 0) is 12.8 Å². The van der Waals surface area contributed by atoms with Crippen LogP contribution in [0.4, 0.5) is 0 Å². The number of methoxy groups -OCH3 is 2.